The summed E-state index contributed by atoms with van der Waals surface area (Å²) in [5, 5.41) is 4.25. The minimum absolute atomic E-state index is 0.148. The van der Waals surface area contributed by atoms with Gasteiger partial charge in [0.05, 0.1) is 10.3 Å². The Morgan fingerprint density at radius 3 is 2.82 bits per heavy atom. The van der Waals surface area contributed by atoms with Crippen molar-refractivity contribution in [2.45, 2.75) is 33.6 Å². The Hall–Kier alpha value is -1.69. The first-order valence-corrected chi connectivity index (χ1v) is 8.70. The third kappa shape index (κ3) is 2.67. The molecule has 0 spiro atoms. The summed E-state index contributed by atoms with van der Waals surface area (Å²) in [5.41, 5.74) is 1.00. The van der Waals surface area contributed by atoms with Gasteiger partial charge in [-0.1, -0.05) is 6.92 Å². The molecule has 1 aliphatic heterocycles. The first kappa shape index (κ1) is 15.2. The number of rotatable bonds is 3. The summed E-state index contributed by atoms with van der Waals surface area (Å²) in [4.78, 5) is 25.2. The smallest absolute Gasteiger partial charge is 0.264 e. The number of nitrogens with one attached hydrogen (secondary N) is 1. The molecule has 6 heteroatoms. The van der Waals surface area contributed by atoms with E-state index in [0.29, 0.717) is 0 Å². The number of aryl methyl sites for hydroxylation is 1. The average molecular weight is 318 g/mol. The van der Waals surface area contributed by atoms with Gasteiger partial charge in [-0.2, -0.15) is 0 Å². The predicted octanol–water partition coefficient (Wildman–Crippen LogP) is 3.30. The van der Waals surface area contributed by atoms with Crippen LogP contribution in [0.15, 0.2) is 6.33 Å². The minimum Gasteiger partial charge on any atom is -0.370 e. The maximum Gasteiger partial charge on any atom is 0.264 e. The first-order valence-electron chi connectivity index (χ1n) is 7.89. The Kier molecular flexibility index (Phi) is 4.29. The van der Waals surface area contributed by atoms with Crippen molar-refractivity contribution in [3.05, 3.63) is 16.8 Å². The van der Waals surface area contributed by atoms with Gasteiger partial charge < -0.3 is 10.2 Å². The zero-order valence-corrected chi connectivity index (χ0v) is 14.2. The minimum atomic E-state index is 0.148. The Morgan fingerprint density at radius 1 is 1.41 bits per heavy atom. The molecular formula is C16H22N4OS. The van der Waals surface area contributed by atoms with Crippen molar-refractivity contribution >= 4 is 33.3 Å². The molecule has 1 saturated heterocycles. The number of likely N-dealkylation sites (tertiary alicyclic amines) is 1. The van der Waals surface area contributed by atoms with E-state index in [4.69, 9.17) is 0 Å². The Bertz CT molecular complexity index is 689. The van der Waals surface area contributed by atoms with Crippen LogP contribution in [0.4, 0.5) is 5.82 Å². The third-order valence-electron chi connectivity index (χ3n) is 4.34. The van der Waals surface area contributed by atoms with Gasteiger partial charge in [-0.05, 0) is 38.2 Å². The highest BCUT2D eigenvalue weighted by atomic mass is 32.1. The number of fused-ring (bicyclic) bond motifs is 1. The topological polar surface area (TPSA) is 58.1 Å². The molecule has 0 unspecified atom stereocenters. The summed E-state index contributed by atoms with van der Waals surface area (Å²) < 4.78 is 0. The monoisotopic (exact) mass is 318 g/mol. The number of carbonyl (C=O) groups is 1. The Morgan fingerprint density at radius 2 is 2.14 bits per heavy atom. The van der Waals surface area contributed by atoms with Gasteiger partial charge in [0.1, 0.15) is 17.0 Å². The molecule has 118 valence electrons. The predicted molar refractivity (Wildman–Crippen MR) is 90.6 cm³/mol. The molecule has 3 heterocycles. The van der Waals surface area contributed by atoms with Gasteiger partial charge in [-0.3, -0.25) is 4.79 Å². The highest BCUT2D eigenvalue weighted by Gasteiger charge is 2.26. The number of aromatic nitrogens is 2. The zero-order valence-electron chi connectivity index (χ0n) is 13.3. The van der Waals surface area contributed by atoms with Crippen molar-refractivity contribution in [1.29, 1.82) is 0 Å². The summed E-state index contributed by atoms with van der Waals surface area (Å²) in [6.45, 7) is 8.82. The lowest BCUT2D eigenvalue weighted by Gasteiger charge is -2.30. The fourth-order valence-corrected chi connectivity index (χ4v) is 4.05. The van der Waals surface area contributed by atoms with Crippen LogP contribution in [-0.4, -0.2) is 40.4 Å². The molecule has 0 atom stereocenters. The van der Waals surface area contributed by atoms with Crippen molar-refractivity contribution < 1.29 is 4.79 Å². The lowest BCUT2D eigenvalue weighted by Crippen LogP contribution is -2.37. The van der Waals surface area contributed by atoms with E-state index < -0.39 is 0 Å². The molecular weight excluding hydrogens is 296 g/mol. The van der Waals surface area contributed by atoms with Crippen LogP contribution >= 0.6 is 11.3 Å². The maximum absolute atomic E-state index is 12.8. The Labute approximate surface area is 134 Å². The molecule has 0 bridgehead atoms. The van der Waals surface area contributed by atoms with Crippen LogP contribution in [0.25, 0.3) is 10.2 Å². The maximum atomic E-state index is 12.8. The number of piperidine rings is 1. The second-order valence-electron chi connectivity index (χ2n) is 5.96. The quantitative estimate of drug-likeness (QED) is 0.943. The lowest BCUT2D eigenvalue weighted by molar-refractivity contribution is 0.0701. The molecule has 3 rings (SSSR count). The van der Waals surface area contributed by atoms with Crippen LogP contribution in [0.2, 0.25) is 0 Å². The number of hydrogen-bond acceptors (Lipinski definition) is 5. The van der Waals surface area contributed by atoms with Crippen LogP contribution in [-0.2, 0) is 0 Å². The normalized spacial score (nSPS) is 16.2. The van der Waals surface area contributed by atoms with Crippen molar-refractivity contribution in [2.75, 3.05) is 25.0 Å². The van der Waals surface area contributed by atoms with E-state index in [1.165, 1.54) is 11.3 Å². The number of hydrogen-bond donors (Lipinski definition) is 1. The first-order chi connectivity index (χ1) is 10.6. The summed E-state index contributed by atoms with van der Waals surface area (Å²) >= 11 is 1.48. The fraction of sp³-hybridized carbons (Fsp3) is 0.562. The van der Waals surface area contributed by atoms with Crippen LogP contribution in [0.3, 0.4) is 0 Å². The van der Waals surface area contributed by atoms with Crippen molar-refractivity contribution in [3.8, 4) is 0 Å². The molecule has 0 saturated carbocycles. The van der Waals surface area contributed by atoms with Crippen molar-refractivity contribution in [1.82, 2.24) is 14.9 Å². The lowest BCUT2D eigenvalue weighted by atomic mass is 9.99. The van der Waals surface area contributed by atoms with E-state index in [9.17, 15) is 4.79 Å². The van der Waals surface area contributed by atoms with E-state index >= 15 is 0 Å². The number of carbonyl (C=O) groups excluding carboxylic acids is 1. The van der Waals surface area contributed by atoms with E-state index in [0.717, 1.165) is 64.9 Å². The standard InChI is InChI=1S/C16H22N4OS/c1-4-17-14-12-11(3)13(22-15(12)19-9-18-14)16(21)20-7-5-10(2)6-8-20/h9-10H,4-8H2,1-3H3,(H,17,18,19). The average Bonchev–Trinajstić information content (AvgIpc) is 2.86. The molecule has 1 N–H and O–H groups in total. The van der Waals surface area contributed by atoms with Gasteiger partial charge in [-0.15, -0.1) is 11.3 Å². The number of anilines is 1. The molecule has 1 amide bonds. The molecule has 22 heavy (non-hydrogen) atoms. The summed E-state index contributed by atoms with van der Waals surface area (Å²) in [6, 6.07) is 0. The number of amides is 1. The van der Waals surface area contributed by atoms with E-state index in [2.05, 4.69) is 22.2 Å². The second kappa shape index (κ2) is 6.20. The molecule has 1 aliphatic rings. The molecule has 2 aromatic heterocycles. The van der Waals surface area contributed by atoms with Crippen molar-refractivity contribution in [3.63, 3.8) is 0 Å². The highest BCUT2D eigenvalue weighted by Crippen LogP contribution is 2.34. The van der Waals surface area contributed by atoms with Crippen LogP contribution in [0, 0.1) is 12.8 Å². The van der Waals surface area contributed by atoms with E-state index in [1.54, 1.807) is 6.33 Å². The largest absolute Gasteiger partial charge is 0.370 e. The van der Waals surface area contributed by atoms with Gasteiger partial charge in [0, 0.05) is 19.6 Å². The number of nitrogens with zero attached hydrogens (tertiary/aromatic N) is 3. The summed E-state index contributed by atoms with van der Waals surface area (Å²) in [6.07, 6.45) is 3.75. The Balaban J connectivity index is 1.95. The van der Waals surface area contributed by atoms with Gasteiger partial charge in [0.2, 0.25) is 0 Å². The molecule has 1 fully saturated rings. The third-order valence-corrected chi connectivity index (χ3v) is 5.52. The molecule has 2 aromatic rings. The van der Waals surface area contributed by atoms with E-state index in [1.807, 2.05) is 18.7 Å². The second-order valence-corrected chi connectivity index (χ2v) is 6.96. The van der Waals surface area contributed by atoms with Gasteiger partial charge in [0.15, 0.2) is 0 Å². The SMILES string of the molecule is CCNc1ncnc2sc(C(=O)N3CCC(C)CC3)c(C)c12. The molecule has 5 nitrogen and oxygen atoms in total. The van der Waals surface area contributed by atoms with Crippen LogP contribution < -0.4 is 5.32 Å². The van der Waals surface area contributed by atoms with Gasteiger partial charge >= 0.3 is 0 Å². The highest BCUT2D eigenvalue weighted by molar-refractivity contribution is 7.20. The number of thiophene rings is 1. The van der Waals surface area contributed by atoms with Gasteiger partial charge in [0.25, 0.3) is 5.91 Å². The van der Waals surface area contributed by atoms with Gasteiger partial charge in [-0.25, -0.2) is 9.97 Å². The van der Waals surface area contributed by atoms with Crippen molar-refractivity contribution in [2.24, 2.45) is 5.92 Å². The van der Waals surface area contributed by atoms with Crippen LogP contribution in [0.5, 0.6) is 0 Å². The fourth-order valence-electron chi connectivity index (χ4n) is 2.93. The molecule has 0 aliphatic carbocycles. The summed E-state index contributed by atoms with van der Waals surface area (Å²) in [5.74, 6) is 1.70. The van der Waals surface area contributed by atoms with E-state index in [-0.39, 0.29) is 5.91 Å². The van der Waals surface area contributed by atoms with Crippen LogP contribution in [0.1, 0.15) is 41.9 Å². The summed E-state index contributed by atoms with van der Waals surface area (Å²) in [7, 11) is 0. The molecule has 0 aromatic carbocycles. The molecule has 0 radical (unpaired) electrons. The zero-order chi connectivity index (χ0) is 15.7.